The molecule has 0 saturated carbocycles. The third-order valence-corrected chi connectivity index (χ3v) is 3.03. The summed E-state index contributed by atoms with van der Waals surface area (Å²) in [5, 5.41) is 12.6. The monoisotopic (exact) mass is 300 g/mol. The maximum atomic E-state index is 11.6. The van der Waals surface area contributed by atoms with Gasteiger partial charge in [0.25, 0.3) is 0 Å². The van der Waals surface area contributed by atoms with Crippen LogP contribution in [0.25, 0.3) is 0 Å². The lowest BCUT2D eigenvalue weighted by Gasteiger charge is -2.12. The average molecular weight is 301 g/mol. The minimum absolute atomic E-state index is 0. The zero-order valence-electron chi connectivity index (χ0n) is 11.8. The standard InChI is InChI=1S/C15H24N2O2.ClH/c16-11-7-2-1-6-10-15(19)17-12-14(18)13-8-4-3-5-9-13;/h3-5,8-9,14,18H,1-2,6-7,10-12,16H2,(H,17,19);1H. The summed E-state index contributed by atoms with van der Waals surface area (Å²) in [5.74, 6) is 0.00253. The summed E-state index contributed by atoms with van der Waals surface area (Å²) in [6, 6.07) is 9.35. The van der Waals surface area contributed by atoms with Gasteiger partial charge in [0, 0.05) is 13.0 Å². The van der Waals surface area contributed by atoms with Crippen molar-refractivity contribution in [3.05, 3.63) is 35.9 Å². The summed E-state index contributed by atoms with van der Waals surface area (Å²) >= 11 is 0. The zero-order valence-corrected chi connectivity index (χ0v) is 12.6. The van der Waals surface area contributed by atoms with E-state index >= 15 is 0 Å². The van der Waals surface area contributed by atoms with Gasteiger partial charge < -0.3 is 16.2 Å². The molecule has 0 fully saturated rings. The number of nitrogens with one attached hydrogen (secondary N) is 1. The number of benzene rings is 1. The number of hydrogen-bond acceptors (Lipinski definition) is 3. The zero-order chi connectivity index (χ0) is 13.9. The summed E-state index contributed by atoms with van der Waals surface area (Å²) in [6.07, 6.45) is 3.90. The van der Waals surface area contributed by atoms with Crippen LogP contribution < -0.4 is 11.1 Å². The van der Waals surface area contributed by atoms with E-state index in [2.05, 4.69) is 5.32 Å². The molecule has 1 amide bonds. The second-order valence-electron chi connectivity index (χ2n) is 4.68. The van der Waals surface area contributed by atoms with Gasteiger partial charge in [0.2, 0.25) is 5.91 Å². The minimum atomic E-state index is -0.637. The maximum absolute atomic E-state index is 11.6. The molecular formula is C15H25ClN2O2. The Bertz CT molecular complexity index is 360. The first kappa shape index (κ1) is 18.9. The van der Waals surface area contributed by atoms with E-state index in [0.29, 0.717) is 6.42 Å². The summed E-state index contributed by atoms with van der Waals surface area (Å²) in [7, 11) is 0. The first-order chi connectivity index (χ1) is 9.24. The highest BCUT2D eigenvalue weighted by molar-refractivity contribution is 5.85. The molecule has 1 aromatic rings. The number of aliphatic hydroxyl groups excluding tert-OH is 1. The fourth-order valence-corrected chi connectivity index (χ4v) is 1.88. The molecule has 0 saturated heterocycles. The van der Waals surface area contributed by atoms with E-state index in [4.69, 9.17) is 5.73 Å². The Hall–Kier alpha value is -1.10. The van der Waals surface area contributed by atoms with Crippen molar-refractivity contribution < 1.29 is 9.90 Å². The smallest absolute Gasteiger partial charge is 0.220 e. The average Bonchev–Trinajstić information content (AvgIpc) is 2.45. The van der Waals surface area contributed by atoms with E-state index in [1.807, 2.05) is 30.3 Å². The number of amides is 1. The van der Waals surface area contributed by atoms with Crippen molar-refractivity contribution in [3.63, 3.8) is 0 Å². The van der Waals surface area contributed by atoms with Gasteiger partial charge in [0.1, 0.15) is 0 Å². The van der Waals surface area contributed by atoms with E-state index in [1.54, 1.807) is 0 Å². The highest BCUT2D eigenvalue weighted by Crippen LogP contribution is 2.10. The molecule has 0 aromatic heterocycles. The van der Waals surface area contributed by atoms with E-state index in [1.165, 1.54) is 0 Å². The van der Waals surface area contributed by atoms with Crippen LogP contribution in [0.3, 0.4) is 0 Å². The van der Waals surface area contributed by atoms with Gasteiger partial charge in [-0.15, -0.1) is 12.4 Å². The third kappa shape index (κ3) is 8.15. The fraction of sp³-hybridized carbons (Fsp3) is 0.533. The van der Waals surface area contributed by atoms with Gasteiger partial charge in [-0.25, -0.2) is 0 Å². The molecule has 1 atom stereocenters. The van der Waals surface area contributed by atoms with E-state index in [0.717, 1.165) is 37.8 Å². The van der Waals surface area contributed by atoms with Crippen molar-refractivity contribution in [2.75, 3.05) is 13.1 Å². The maximum Gasteiger partial charge on any atom is 0.220 e. The van der Waals surface area contributed by atoms with Crippen LogP contribution in [0.15, 0.2) is 30.3 Å². The Morgan fingerprint density at radius 1 is 1.15 bits per heavy atom. The molecule has 0 aliphatic rings. The van der Waals surface area contributed by atoms with Gasteiger partial charge in [0.15, 0.2) is 0 Å². The second-order valence-corrected chi connectivity index (χ2v) is 4.68. The lowest BCUT2D eigenvalue weighted by molar-refractivity contribution is -0.121. The molecule has 0 heterocycles. The van der Waals surface area contributed by atoms with Gasteiger partial charge in [0.05, 0.1) is 6.10 Å². The molecule has 0 aliphatic carbocycles. The number of hydrogen-bond donors (Lipinski definition) is 3. The molecular weight excluding hydrogens is 276 g/mol. The highest BCUT2D eigenvalue weighted by Gasteiger charge is 2.08. The largest absolute Gasteiger partial charge is 0.387 e. The van der Waals surface area contributed by atoms with E-state index in [9.17, 15) is 9.90 Å². The fourth-order valence-electron chi connectivity index (χ4n) is 1.88. The van der Waals surface area contributed by atoms with Gasteiger partial charge in [-0.2, -0.15) is 0 Å². The highest BCUT2D eigenvalue weighted by atomic mass is 35.5. The van der Waals surface area contributed by atoms with E-state index in [-0.39, 0.29) is 24.9 Å². The van der Waals surface area contributed by atoms with Crippen molar-refractivity contribution in [2.45, 2.75) is 38.2 Å². The Morgan fingerprint density at radius 2 is 1.80 bits per heavy atom. The van der Waals surface area contributed by atoms with Gasteiger partial charge >= 0.3 is 0 Å². The molecule has 1 aromatic carbocycles. The summed E-state index contributed by atoms with van der Waals surface area (Å²) in [6.45, 7) is 0.987. The molecule has 114 valence electrons. The number of aliphatic hydroxyl groups is 1. The third-order valence-electron chi connectivity index (χ3n) is 3.03. The molecule has 5 heteroatoms. The molecule has 0 bridgehead atoms. The predicted octanol–water partition coefficient (Wildman–Crippen LogP) is 2.17. The predicted molar refractivity (Wildman–Crippen MR) is 83.8 cm³/mol. The quantitative estimate of drug-likeness (QED) is 0.612. The normalized spacial score (nSPS) is 11.5. The molecule has 20 heavy (non-hydrogen) atoms. The Morgan fingerprint density at radius 3 is 2.45 bits per heavy atom. The van der Waals surface area contributed by atoms with Crippen LogP contribution in [-0.4, -0.2) is 24.1 Å². The number of carbonyl (C=O) groups excluding carboxylic acids is 1. The van der Waals surface area contributed by atoms with Crippen molar-refractivity contribution in [2.24, 2.45) is 5.73 Å². The summed E-state index contributed by atoms with van der Waals surface area (Å²) in [4.78, 5) is 11.6. The number of rotatable bonds is 9. The summed E-state index contributed by atoms with van der Waals surface area (Å²) in [5.41, 5.74) is 6.22. The molecule has 1 rings (SSSR count). The topological polar surface area (TPSA) is 75.4 Å². The Kier molecular flexibility index (Phi) is 11.1. The van der Waals surface area contributed by atoms with Crippen molar-refractivity contribution in [3.8, 4) is 0 Å². The van der Waals surface area contributed by atoms with Crippen molar-refractivity contribution in [1.29, 1.82) is 0 Å². The SMILES string of the molecule is Cl.NCCCCCCC(=O)NCC(O)c1ccccc1. The lowest BCUT2D eigenvalue weighted by Crippen LogP contribution is -2.28. The molecule has 0 radical (unpaired) electrons. The van der Waals surface area contributed by atoms with Crippen LogP contribution >= 0.6 is 12.4 Å². The number of unbranched alkanes of at least 4 members (excludes halogenated alkanes) is 3. The van der Waals surface area contributed by atoms with Crippen LogP contribution in [0.1, 0.15) is 43.8 Å². The van der Waals surface area contributed by atoms with Crippen molar-refractivity contribution in [1.82, 2.24) is 5.32 Å². The Labute approximate surface area is 127 Å². The second kappa shape index (κ2) is 11.7. The first-order valence-corrected chi connectivity index (χ1v) is 6.94. The summed E-state index contributed by atoms with van der Waals surface area (Å²) < 4.78 is 0. The number of nitrogens with two attached hydrogens (primary N) is 1. The van der Waals surface area contributed by atoms with Crippen LogP contribution in [-0.2, 0) is 4.79 Å². The number of carbonyl (C=O) groups is 1. The van der Waals surface area contributed by atoms with Crippen LogP contribution in [0, 0.1) is 0 Å². The molecule has 0 spiro atoms. The van der Waals surface area contributed by atoms with Crippen LogP contribution in [0.5, 0.6) is 0 Å². The number of halogens is 1. The first-order valence-electron chi connectivity index (χ1n) is 6.94. The van der Waals surface area contributed by atoms with Gasteiger partial charge in [-0.3, -0.25) is 4.79 Å². The van der Waals surface area contributed by atoms with E-state index < -0.39 is 6.10 Å². The Balaban J connectivity index is 0.00000361. The van der Waals surface area contributed by atoms with Crippen molar-refractivity contribution >= 4 is 18.3 Å². The molecule has 4 N–H and O–H groups in total. The molecule has 4 nitrogen and oxygen atoms in total. The van der Waals surface area contributed by atoms with Crippen LogP contribution in [0.4, 0.5) is 0 Å². The van der Waals surface area contributed by atoms with Gasteiger partial charge in [-0.05, 0) is 24.9 Å². The lowest BCUT2D eigenvalue weighted by atomic mass is 10.1. The van der Waals surface area contributed by atoms with Crippen LogP contribution in [0.2, 0.25) is 0 Å². The van der Waals surface area contributed by atoms with Gasteiger partial charge in [-0.1, -0.05) is 43.2 Å². The molecule has 1 unspecified atom stereocenters. The molecule has 0 aliphatic heterocycles. The minimum Gasteiger partial charge on any atom is -0.387 e.